The number of nitrogens with one attached hydrogen (secondary N) is 1. The Morgan fingerprint density at radius 1 is 1.16 bits per heavy atom. The molecule has 3 rings (SSSR count). The number of pyridine rings is 1. The molecule has 2 aromatic rings. The third-order valence-corrected chi connectivity index (χ3v) is 3.56. The number of amides is 4. The zero-order chi connectivity index (χ0) is 17.8. The number of methoxy groups -OCH3 is 1. The average molecular weight is 338 g/mol. The Morgan fingerprint density at radius 2 is 1.88 bits per heavy atom. The van der Waals surface area contributed by atoms with E-state index in [0.29, 0.717) is 11.4 Å². The van der Waals surface area contributed by atoms with Crippen molar-refractivity contribution < 1.29 is 19.1 Å². The number of imide groups is 2. The van der Waals surface area contributed by atoms with E-state index in [1.54, 1.807) is 48.8 Å². The second kappa shape index (κ2) is 6.91. The number of rotatable bonds is 4. The third-order valence-electron chi connectivity index (χ3n) is 3.56. The van der Waals surface area contributed by atoms with Crippen molar-refractivity contribution in [1.82, 2.24) is 10.3 Å². The molecule has 1 saturated heterocycles. The maximum atomic E-state index is 12.7. The van der Waals surface area contributed by atoms with Gasteiger partial charge in [0.1, 0.15) is 5.75 Å². The van der Waals surface area contributed by atoms with Crippen LogP contribution < -0.4 is 15.0 Å². The van der Waals surface area contributed by atoms with Crippen LogP contribution in [0.4, 0.5) is 16.2 Å². The van der Waals surface area contributed by atoms with E-state index in [1.807, 2.05) is 0 Å². The molecule has 0 saturated carbocycles. The van der Waals surface area contributed by atoms with E-state index in [1.165, 1.54) is 13.3 Å². The predicted octanol–water partition coefficient (Wildman–Crippen LogP) is 1.69. The summed E-state index contributed by atoms with van der Waals surface area (Å²) < 4.78 is 5.19. The lowest BCUT2D eigenvalue weighted by molar-refractivity contribution is -0.131. The molecule has 0 unspecified atom stereocenters. The quantitative estimate of drug-likeness (QED) is 0.675. The molecule has 1 aliphatic rings. The van der Waals surface area contributed by atoms with Crippen molar-refractivity contribution in [3.63, 3.8) is 0 Å². The van der Waals surface area contributed by atoms with Crippen LogP contribution in [0.15, 0.2) is 53.8 Å². The van der Waals surface area contributed by atoms with Crippen LogP contribution in [0.5, 0.6) is 5.75 Å². The van der Waals surface area contributed by atoms with Gasteiger partial charge in [0.25, 0.3) is 5.91 Å². The number of benzene rings is 1. The summed E-state index contributed by atoms with van der Waals surface area (Å²) in [6.45, 7) is 0. The van der Waals surface area contributed by atoms with E-state index in [-0.39, 0.29) is 5.69 Å². The van der Waals surface area contributed by atoms with Crippen LogP contribution in [0.25, 0.3) is 0 Å². The van der Waals surface area contributed by atoms with Crippen LogP contribution in [0.2, 0.25) is 0 Å². The Balaban J connectivity index is 1.93. The first-order valence-electron chi connectivity index (χ1n) is 7.38. The normalized spacial score (nSPS) is 17.7. The summed E-state index contributed by atoms with van der Waals surface area (Å²) in [5.41, 5.74) is 0.790. The number of hydrogen-bond acceptors (Lipinski definition) is 6. The van der Waals surface area contributed by atoms with E-state index in [9.17, 15) is 14.4 Å². The molecule has 126 valence electrons. The number of aromatic nitrogens is 1. The number of para-hydroxylation sites is 2. The van der Waals surface area contributed by atoms with E-state index < -0.39 is 23.8 Å². The van der Waals surface area contributed by atoms with E-state index in [2.05, 4.69) is 15.3 Å². The summed E-state index contributed by atoms with van der Waals surface area (Å²) in [6.07, 6.45) is 4.29. The molecular weight excluding hydrogens is 324 g/mol. The van der Waals surface area contributed by atoms with Gasteiger partial charge in [-0.15, -0.1) is 0 Å². The smallest absolute Gasteiger partial charge is 0.335 e. The molecule has 0 aliphatic carbocycles. The largest absolute Gasteiger partial charge is 0.495 e. The number of barbiturate groups is 1. The fraction of sp³-hybridized carbons (Fsp3) is 0.118. The SMILES string of the molecule is COc1ccccc1N1C(=O)NC(=O)[C@H](C=Nc2ccncc2)C1=O. The molecule has 8 nitrogen and oxygen atoms in total. The van der Waals surface area contributed by atoms with Gasteiger partial charge in [-0.25, -0.2) is 9.69 Å². The Kier molecular flexibility index (Phi) is 4.51. The van der Waals surface area contributed by atoms with Crippen molar-refractivity contribution in [1.29, 1.82) is 0 Å². The highest BCUT2D eigenvalue weighted by atomic mass is 16.5. The lowest BCUT2D eigenvalue weighted by atomic mass is 10.1. The Bertz CT molecular complexity index is 851. The summed E-state index contributed by atoms with van der Waals surface area (Å²) in [6, 6.07) is 8.98. The van der Waals surface area contributed by atoms with Crippen molar-refractivity contribution in [2.24, 2.45) is 10.9 Å². The molecule has 0 spiro atoms. The number of hydrogen-bond donors (Lipinski definition) is 1. The number of urea groups is 1. The van der Waals surface area contributed by atoms with Crippen LogP contribution >= 0.6 is 0 Å². The van der Waals surface area contributed by atoms with Gasteiger partial charge >= 0.3 is 6.03 Å². The summed E-state index contributed by atoms with van der Waals surface area (Å²) in [4.78, 5) is 45.8. The zero-order valence-corrected chi connectivity index (χ0v) is 13.2. The van der Waals surface area contributed by atoms with Crippen LogP contribution in [-0.2, 0) is 9.59 Å². The highest BCUT2D eigenvalue weighted by Crippen LogP contribution is 2.30. The lowest BCUT2D eigenvalue weighted by Crippen LogP contribution is -2.58. The number of anilines is 1. The van der Waals surface area contributed by atoms with Gasteiger partial charge < -0.3 is 4.74 Å². The van der Waals surface area contributed by atoms with Gasteiger partial charge in [-0.3, -0.25) is 24.9 Å². The second-order valence-electron chi connectivity index (χ2n) is 5.10. The first-order chi connectivity index (χ1) is 12.1. The molecule has 2 heterocycles. The highest BCUT2D eigenvalue weighted by molar-refractivity contribution is 6.33. The second-order valence-corrected chi connectivity index (χ2v) is 5.10. The molecule has 1 atom stereocenters. The van der Waals surface area contributed by atoms with E-state index in [4.69, 9.17) is 4.74 Å². The fourth-order valence-electron chi connectivity index (χ4n) is 2.36. The molecule has 1 aromatic heterocycles. The van der Waals surface area contributed by atoms with Gasteiger partial charge in [0.2, 0.25) is 5.91 Å². The molecular formula is C17H14N4O4. The van der Waals surface area contributed by atoms with Gasteiger partial charge in [0.15, 0.2) is 5.92 Å². The minimum atomic E-state index is -1.23. The standard InChI is InChI=1S/C17H14N4O4/c1-25-14-5-3-2-4-13(14)21-16(23)12(15(22)20-17(21)24)10-19-11-6-8-18-9-7-11/h2-10,12H,1H3,(H,20,22,24)/t12-/m0/s1. The van der Waals surface area contributed by atoms with Crippen LogP contribution in [0, 0.1) is 5.92 Å². The number of ether oxygens (including phenoxy) is 1. The minimum absolute atomic E-state index is 0.252. The fourth-order valence-corrected chi connectivity index (χ4v) is 2.36. The predicted molar refractivity (Wildman–Crippen MR) is 89.9 cm³/mol. The van der Waals surface area contributed by atoms with E-state index >= 15 is 0 Å². The van der Waals surface area contributed by atoms with Crippen LogP contribution in [0.3, 0.4) is 0 Å². The van der Waals surface area contributed by atoms with Crippen molar-refractivity contribution in [2.45, 2.75) is 0 Å². The first-order valence-corrected chi connectivity index (χ1v) is 7.38. The number of carbonyl (C=O) groups is 3. The van der Waals surface area contributed by atoms with Gasteiger partial charge in [0, 0.05) is 18.6 Å². The van der Waals surface area contributed by atoms with Crippen LogP contribution in [-0.4, -0.2) is 36.2 Å². The first kappa shape index (κ1) is 16.3. The molecule has 4 amide bonds. The summed E-state index contributed by atoms with van der Waals surface area (Å²) in [7, 11) is 1.43. The van der Waals surface area contributed by atoms with E-state index in [0.717, 1.165) is 4.90 Å². The van der Waals surface area contributed by atoms with Crippen molar-refractivity contribution in [3.05, 3.63) is 48.8 Å². The molecule has 1 aromatic carbocycles. The monoisotopic (exact) mass is 338 g/mol. The zero-order valence-electron chi connectivity index (χ0n) is 13.2. The number of nitrogens with zero attached hydrogens (tertiary/aromatic N) is 3. The molecule has 1 N–H and O–H groups in total. The maximum absolute atomic E-state index is 12.7. The van der Waals surface area contributed by atoms with Crippen molar-refractivity contribution in [2.75, 3.05) is 12.0 Å². The van der Waals surface area contributed by atoms with Gasteiger partial charge in [-0.2, -0.15) is 0 Å². The van der Waals surface area contributed by atoms with Crippen molar-refractivity contribution in [3.8, 4) is 5.75 Å². The van der Waals surface area contributed by atoms with Gasteiger partial charge in [-0.05, 0) is 24.3 Å². The minimum Gasteiger partial charge on any atom is -0.495 e. The third kappa shape index (κ3) is 3.23. The summed E-state index contributed by atoms with van der Waals surface area (Å²) in [5, 5.41) is 2.16. The Morgan fingerprint density at radius 3 is 2.60 bits per heavy atom. The Labute approximate surface area is 143 Å². The maximum Gasteiger partial charge on any atom is 0.335 e. The highest BCUT2D eigenvalue weighted by Gasteiger charge is 2.41. The number of carbonyl (C=O) groups excluding carboxylic acids is 3. The summed E-state index contributed by atoms with van der Waals surface area (Å²) in [5.74, 6) is -2.31. The topological polar surface area (TPSA) is 101 Å². The Hall–Kier alpha value is -3.55. The van der Waals surface area contributed by atoms with Crippen molar-refractivity contribution >= 4 is 35.4 Å². The van der Waals surface area contributed by atoms with Gasteiger partial charge in [0.05, 0.1) is 18.5 Å². The van der Waals surface area contributed by atoms with Crippen LogP contribution in [0.1, 0.15) is 0 Å². The number of aliphatic imine (C=N–C) groups is 1. The lowest BCUT2D eigenvalue weighted by Gasteiger charge is -2.29. The molecule has 8 heteroatoms. The molecule has 1 aliphatic heterocycles. The molecule has 1 fully saturated rings. The summed E-state index contributed by atoms with van der Waals surface area (Å²) >= 11 is 0. The van der Waals surface area contributed by atoms with Gasteiger partial charge in [-0.1, -0.05) is 12.1 Å². The molecule has 0 bridgehead atoms. The molecule has 25 heavy (non-hydrogen) atoms. The average Bonchev–Trinajstić information content (AvgIpc) is 2.62. The molecule has 0 radical (unpaired) electrons.